The molecular formula is C11H25N3O3S. The van der Waals surface area contributed by atoms with Crippen molar-refractivity contribution in [2.45, 2.75) is 13.8 Å². The number of likely N-dealkylation sites (N-methyl/N-ethyl adjacent to an activating group) is 1. The van der Waals surface area contributed by atoms with Crippen molar-refractivity contribution in [1.82, 2.24) is 13.9 Å². The Morgan fingerprint density at radius 3 is 2.22 bits per heavy atom. The highest BCUT2D eigenvalue weighted by Crippen LogP contribution is 2.10. The van der Waals surface area contributed by atoms with Crippen molar-refractivity contribution in [3.05, 3.63) is 0 Å². The normalized spacial score (nSPS) is 21.4. The van der Waals surface area contributed by atoms with E-state index in [1.807, 2.05) is 20.9 Å². The summed E-state index contributed by atoms with van der Waals surface area (Å²) in [6, 6.07) is 0. The highest BCUT2D eigenvalue weighted by molar-refractivity contribution is 7.87. The van der Waals surface area contributed by atoms with Gasteiger partial charge in [-0.1, -0.05) is 13.8 Å². The Morgan fingerprint density at radius 1 is 1.22 bits per heavy atom. The van der Waals surface area contributed by atoms with E-state index in [9.17, 15) is 13.5 Å². The highest BCUT2D eigenvalue weighted by atomic mass is 32.2. The molecule has 0 aromatic rings. The van der Waals surface area contributed by atoms with Crippen LogP contribution >= 0.6 is 0 Å². The first kappa shape index (κ1) is 15.8. The average Bonchev–Trinajstić information content (AvgIpc) is 2.29. The largest absolute Gasteiger partial charge is 0.396 e. The summed E-state index contributed by atoms with van der Waals surface area (Å²) in [5.74, 6) is 0.220. The van der Waals surface area contributed by atoms with Crippen LogP contribution in [0.3, 0.4) is 0 Å². The van der Waals surface area contributed by atoms with E-state index in [0.29, 0.717) is 19.6 Å². The average molecular weight is 279 g/mol. The van der Waals surface area contributed by atoms with Crippen LogP contribution in [0.2, 0.25) is 0 Å². The summed E-state index contributed by atoms with van der Waals surface area (Å²) in [4.78, 5) is 2.11. The molecule has 0 spiro atoms. The van der Waals surface area contributed by atoms with Crippen molar-refractivity contribution in [2.75, 3.05) is 46.4 Å². The van der Waals surface area contributed by atoms with Gasteiger partial charge in [-0.25, -0.2) is 4.72 Å². The van der Waals surface area contributed by atoms with Crippen LogP contribution in [-0.4, -0.2) is 69.1 Å². The third-order valence-corrected chi connectivity index (χ3v) is 5.08. The Kier molecular flexibility index (Phi) is 6.00. The minimum absolute atomic E-state index is 0.00290. The van der Waals surface area contributed by atoms with Crippen LogP contribution in [-0.2, 0) is 10.2 Å². The first-order valence-corrected chi connectivity index (χ1v) is 7.85. The molecule has 0 bridgehead atoms. The number of aliphatic hydroxyl groups excluding tert-OH is 1. The van der Waals surface area contributed by atoms with Crippen molar-refractivity contribution >= 4 is 10.2 Å². The Bertz CT molecular complexity index is 337. The number of nitrogens with one attached hydrogen (secondary N) is 1. The second-order valence-electron chi connectivity index (χ2n) is 5.24. The third-order valence-electron chi connectivity index (χ3n) is 3.51. The molecule has 0 amide bonds. The van der Waals surface area contributed by atoms with Gasteiger partial charge >= 0.3 is 0 Å². The molecule has 0 saturated carbocycles. The molecule has 1 heterocycles. The van der Waals surface area contributed by atoms with Crippen molar-refractivity contribution < 1.29 is 13.5 Å². The third kappa shape index (κ3) is 4.47. The highest BCUT2D eigenvalue weighted by Gasteiger charge is 2.26. The van der Waals surface area contributed by atoms with Crippen LogP contribution in [0.25, 0.3) is 0 Å². The van der Waals surface area contributed by atoms with Gasteiger partial charge in [0.05, 0.1) is 0 Å². The van der Waals surface area contributed by atoms with E-state index in [1.165, 1.54) is 4.31 Å². The molecule has 108 valence electrons. The zero-order valence-electron chi connectivity index (χ0n) is 11.5. The standard InChI is InChI=1S/C11H25N3O3S/c1-10(2)11(9-15)8-12-18(16,17)14-6-4-13(3)5-7-14/h10-12,15H,4-9H2,1-3H3. The van der Waals surface area contributed by atoms with Gasteiger partial charge in [-0.3, -0.25) is 0 Å². The quantitative estimate of drug-likeness (QED) is 0.676. The summed E-state index contributed by atoms with van der Waals surface area (Å²) < 4.78 is 28.2. The lowest BCUT2D eigenvalue weighted by atomic mass is 9.97. The molecule has 7 heteroatoms. The van der Waals surface area contributed by atoms with Gasteiger partial charge in [0.25, 0.3) is 10.2 Å². The molecule has 2 N–H and O–H groups in total. The van der Waals surface area contributed by atoms with Crippen molar-refractivity contribution in [3.8, 4) is 0 Å². The summed E-state index contributed by atoms with van der Waals surface area (Å²) >= 11 is 0. The number of aliphatic hydroxyl groups is 1. The number of hydrogen-bond donors (Lipinski definition) is 2. The Labute approximate surface area is 110 Å². The van der Waals surface area contributed by atoms with Crippen molar-refractivity contribution in [1.29, 1.82) is 0 Å². The second kappa shape index (κ2) is 6.81. The fraction of sp³-hybridized carbons (Fsp3) is 1.00. The molecule has 6 nitrogen and oxygen atoms in total. The first-order valence-electron chi connectivity index (χ1n) is 6.41. The van der Waals surface area contributed by atoms with Crippen LogP contribution in [0.15, 0.2) is 0 Å². The first-order chi connectivity index (χ1) is 8.36. The molecular weight excluding hydrogens is 254 g/mol. The molecule has 1 rings (SSSR count). The number of rotatable bonds is 6. The van der Waals surface area contributed by atoms with Gasteiger partial charge in [-0.2, -0.15) is 12.7 Å². The summed E-state index contributed by atoms with van der Waals surface area (Å²) in [6.45, 7) is 6.82. The van der Waals surface area contributed by atoms with Crippen LogP contribution in [0, 0.1) is 11.8 Å². The van der Waals surface area contributed by atoms with Crippen molar-refractivity contribution in [2.24, 2.45) is 11.8 Å². The van der Waals surface area contributed by atoms with Gasteiger partial charge in [0.15, 0.2) is 0 Å². The summed E-state index contributed by atoms with van der Waals surface area (Å²) in [5.41, 5.74) is 0. The molecule has 1 saturated heterocycles. The number of piperazine rings is 1. The van der Waals surface area contributed by atoms with E-state index in [4.69, 9.17) is 0 Å². The smallest absolute Gasteiger partial charge is 0.279 e. The molecule has 0 aliphatic carbocycles. The topological polar surface area (TPSA) is 72.9 Å². The molecule has 1 aliphatic heterocycles. The van der Waals surface area contributed by atoms with E-state index >= 15 is 0 Å². The predicted octanol–water partition coefficient (Wildman–Crippen LogP) is -0.667. The molecule has 1 aliphatic rings. The summed E-state index contributed by atoms with van der Waals surface area (Å²) in [7, 11) is -1.42. The molecule has 18 heavy (non-hydrogen) atoms. The Balaban J connectivity index is 2.49. The maximum atomic E-state index is 12.0. The van der Waals surface area contributed by atoms with Crippen molar-refractivity contribution in [3.63, 3.8) is 0 Å². The lowest BCUT2D eigenvalue weighted by Gasteiger charge is -2.32. The van der Waals surface area contributed by atoms with Gasteiger partial charge in [0.1, 0.15) is 0 Å². The van der Waals surface area contributed by atoms with Gasteiger partial charge < -0.3 is 10.0 Å². The molecule has 1 unspecified atom stereocenters. The Hall–Kier alpha value is -0.210. The van der Waals surface area contributed by atoms with Gasteiger partial charge in [-0.15, -0.1) is 0 Å². The van der Waals surface area contributed by atoms with Crippen LogP contribution in [0.5, 0.6) is 0 Å². The van der Waals surface area contributed by atoms with Crippen LogP contribution in [0.1, 0.15) is 13.8 Å². The van der Waals surface area contributed by atoms with E-state index in [2.05, 4.69) is 9.62 Å². The molecule has 0 aromatic carbocycles. The lowest BCUT2D eigenvalue weighted by molar-refractivity contribution is 0.189. The predicted molar refractivity (Wildman–Crippen MR) is 71.4 cm³/mol. The zero-order chi connectivity index (χ0) is 13.8. The summed E-state index contributed by atoms with van der Waals surface area (Å²) in [5, 5.41) is 9.18. The SMILES string of the molecule is CC(C)C(CO)CNS(=O)(=O)N1CCN(C)CC1. The zero-order valence-corrected chi connectivity index (χ0v) is 12.3. The van der Waals surface area contributed by atoms with Crippen LogP contribution < -0.4 is 4.72 Å². The van der Waals surface area contributed by atoms with E-state index < -0.39 is 10.2 Å². The molecule has 1 atom stereocenters. The monoisotopic (exact) mass is 279 g/mol. The van der Waals surface area contributed by atoms with E-state index in [1.54, 1.807) is 0 Å². The second-order valence-corrected chi connectivity index (χ2v) is 7.00. The maximum Gasteiger partial charge on any atom is 0.279 e. The van der Waals surface area contributed by atoms with E-state index in [-0.39, 0.29) is 18.4 Å². The molecule has 0 aromatic heterocycles. The van der Waals surface area contributed by atoms with Gasteiger partial charge in [-0.05, 0) is 18.9 Å². The van der Waals surface area contributed by atoms with E-state index in [0.717, 1.165) is 13.1 Å². The number of hydrogen-bond acceptors (Lipinski definition) is 4. The minimum Gasteiger partial charge on any atom is -0.396 e. The Morgan fingerprint density at radius 2 is 1.78 bits per heavy atom. The van der Waals surface area contributed by atoms with Gasteiger partial charge in [0.2, 0.25) is 0 Å². The molecule has 0 radical (unpaired) electrons. The van der Waals surface area contributed by atoms with Crippen LogP contribution in [0.4, 0.5) is 0 Å². The maximum absolute atomic E-state index is 12.0. The van der Waals surface area contributed by atoms with Gasteiger partial charge in [0, 0.05) is 39.3 Å². The molecule has 1 fully saturated rings. The fourth-order valence-corrected chi connectivity index (χ4v) is 3.09. The summed E-state index contributed by atoms with van der Waals surface area (Å²) in [6.07, 6.45) is 0. The number of nitrogens with zero attached hydrogens (tertiary/aromatic N) is 2. The lowest BCUT2D eigenvalue weighted by Crippen LogP contribution is -2.51. The minimum atomic E-state index is -3.40. The fourth-order valence-electron chi connectivity index (χ4n) is 1.84.